The van der Waals surface area contributed by atoms with Crippen LogP contribution in [0.2, 0.25) is 0 Å². The van der Waals surface area contributed by atoms with Gasteiger partial charge in [-0.05, 0) is 6.07 Å². The first-order chi connectivity index (χ1) is 11.3. The predicted molar refractivity (Wildman–Crippen MR) is 85.7 cm³/mol. The van der Waals surface area contributed by atoms with Gasteiger partial charge in [-0.25, -0.2) is 0 Å². The van der Waals surface area contributed by atoms with Crippen molar-refractivity contribution in [2.24, 2.45) is 13.0 Å². The van der Waals surface area contributed by atoms with E-state index >= 15 is 0 Å². The number of likely N-dealkylation sites (tertiary alicyclic amines) is 1. The molecule has 124 valence electrons. The van der Waals surface area contributed by atoms with Gasteiger partial charge in [0, 0.05) is 69.6 Å². The van der Waals surface area contributed by atoms with E-state index in [0.717, 1.165) is 45.9 Å². The molecule has 2 aliphatic rings. The third kappa shape index (κ3) is 3.49. The molecular weight excluding hydrogens is 292 g/mol. The van der Waals surface area contributed by atoms with Crippen molar-refractivity contribution in [3.8, 4) is 0 Å². The summed E-state index contributed by atoms with van der Waals surface area (Å²) in [6.45, 7) is 6.96. The average Bonchev–Trinajstić information content (AvgIpc) is 3.22. The summed E-state index contributed by atoms with van der Waals surface area (Å²) in [5, 5.41) is 4.26. The third-order valence-corrected chi connectivity index (χ3v) is 4.84. The number of nitrogens with zero attached hydrogens (tertiary/aromatic N) is 4. The van der Waals surface area contributed by atoms with Gasteiger partial charge in [-0.2, -0.15) is 5.10 Å². The van der Waals surface area contributed by atoms with Crippen molar-refractivity contribution in [2.75, 3.05) is 32.8 Å². The Morgan fingerprint density at radius 3 is 2.83 bits per heavy atom. The molecule has 0 aliphatic carbocycles. The van der Waals surface area contributed by atoms with Gasteiger partial charge in [0.05, 0.1) is 31.4 Å². The van der Waals surface area contributed by atoms with Crippen LogP contribution >= 0.6 is 0 Å². The van der Waals surface area contributed by atoms with E-state index in [0.29, 0.717) is 12.0 Å². The number of ether oxygens (including phenoxy) is 1. The lowest BCUT2D eigenvalue weighted by molar-refractivity contribution is 0.0510. The van der Waals surface area contributed by atoms with Crippen molar-refractivity contribution in [3.05, 3.63) is 42.1 Å². The number of fused-ring (bicyclic) bond motifs is 1. The molecule has 0 N–H and O–H groups in total. The Labute approximate surface area is 136 Å². The molecule has 6 nitrogen and oxygen atoms in total. The van der Waals surface area contributed by atoms with Crippen molar-refractivity contribution in [3.63, 3.8) is 0 Å². The first-order valence-corrected chi connectivity index (χ1v) is 8.31. The summed E-state index contributed by atoms with van der Waals surface area (Å²) < 4.78 is 13.2. The minimum atomic E-state index is 0.362. The molecule has 0 unspecified atom stereocenters. The summed E-state index contributed by atoms with van der Waals surface area (Å²) in [6.07, 6.45) is 8.01. The Kier molecular flexibility index (Phi) is 4.20. The van der Waals surface area contributed by atoms with Gasteiger partial charge in [-0.1, -0.05) is 0 Å². The van der Waals surface area contributed by atoms with Crippen molar-refractivity contribution >= 4 is 0 Å². The van der Waals surface area contributed by atoms with Crippen LogP contribution in [0.1, 0.15) is 11.1 Å². The second-order valence-corrected chi connectivity index (χ2v) is 6.75. The number of hydrogen-bond acceptors (Lipinski definition) is 5. The molecule has 2 aliphatic heterocycles. The van der Waals surface area contributed by atoms with Crippen LogP contribution in [0.25, 0.3) is 0 Å². The zero-order chi connectivity index (χ0) is 15.6. The highest BCUT2D eigenvalue weighted by molar-refractivity contribution is 5.06. The van der Waals surface area contributed by atoms with Gasteiger partial charge in [-0.15, -0.1) is 0 Å². The molecule has 23 heavy (non-hydrogen) atoms. The van der Waals surface area contributed by atoms with Gasteiger partial charge >= 0.3 is 0 Å². The molecule has 0 saturated carbocycles. The van der Waals surface area contributed by atoms with Crippen LogP contribution in [0, 0.1) is 5.92 Å². The van der Waals surface area contributed by atoms with Crippen molar-refractivity contribution in [2.45, 2.75) is 19.2 Å². The number of aryl methyl sites for hydroxylation is 1. The second kappa shape index (κ2) is 6.47. The van der Waals surface area contributed by atoms with E-state index in [1.165, 1.54) is 11.1 Å². The minimum Gasteiger partial charge on any atom is -0.472 e. The molecule has 2 atom stereocenters. The summed E-state index contributed by atoms with van der Waals surface area (Å²) >= 11 is 0. The molecule has 0 bridgehead atoms. The van der Waals surface area contributed by atoms with E-state index in [2.05, 4.69) is 21.1 Å². The topological polar surface area (TPSA) is 46.7 Å². The first kappa shape index (κ1) is 14.9. The van der Waals surface area contributed by atoms with E-state index in [1.54, 1.807) is 6.26 Å². The van der Waals surface area contributed by atoms with Crippen molar-refractivity contribution in [1.29, 1.82) is 0 Å². The molecule has 0 radical (unpaired) electrons. The van der Waals surface area contributed by atoms with Gasteiger partial charge < -0.3 is 9.15 Å². The van der Waals surface area contributed by atoms with Crippen LogP contribution in [0.3, 0.4) is 0 Å². The fourth-order valence-corrected chi connectivity index (χ4v) is 3.77. The highest BCUT2D eigenvalue weighted by atomic mass is 16.5. The van der Waals surface area contributed by atoms with Gasteiger partial charge in [0.25, 0.3) is 0 Å². The van der Waals surface area contributed by atoms with E-state index in [1.807, 2.05) is 30.3 Å². The molecular formula is C17H24N4O2. The van der Waals surface area contributed by atoms with Gasteiger partial charge in [-0.3, -0.25) is 14.5 Å². The predicted octanol–water partition coefficient (Wildman–Crippen LogP) is 1.35. The molecule has 2 fully saturated rings. The first-order valence-electron chi connectivity index (χ1n) is 8.31. The van der Waals surface area contributed by atoms with Gasteiger partial charge in [0.1, 0.15) is 0 Å². The Hall–Kier alpha value is -1.63. The summed E-state index contributed by atoms with van der Waals surface area (Å²) in [6, 6.07) is 2.05. The van der Waals surface area contributed by atoms with Crippen LogP contribution in [0.15, 0.2) is 35.4 Å². The summed E-state index contributed by atoms with van der Waals surface area (Å²) in [5.41, 5.74) is 2.52. The zero-order valence-corrected chi connectivity index (χ0v) is 13.6. The Morgan fingerprint density at radius 1 is 1.17 bits per heavy atom. The fourth-order valence-electron chi connectivity index (χ4n) is 3.77. The van der Waals surface area contributed by atoms with Gasteiger partial charge in [0.2, 0.25) is 0 Å². The van der Waals surface area contributed by atoms with Crippen LogP contribution in [0.5, 0.6) is 0 Å². The Balaban J connectivity index is 1.36. The zero-order valence-electron chi connectivity index (χ0n) is 13.6. The van der Waals surface area contributed by atoms with E-state index in [4.69, 9.17) is 9.15 Å². The third-order valence-electron chi connectivity index (χ3n) is 4.84. The lowest BCUT2D eigenvalue weighted by Gasteiger charge is -2.22. The normalized spacial score (nSPS) is 26.3. The van der Waals surface area contributed by atoms with E-state index < -0.39 is 0 Å². The van der Waals surface area contributed by atoms with Gasteiger partial charge in [0.15, 0.2) is 0 Å². The molecule has 4 heterocycles. The highest BCUT2D eigenvalue weighted by Gasteiger charge is 2.36. The van der Waals surface area contributed by atoms with Crippen LogP contribution in [0.4, 0.5) is 0 Å². The van der Waals surface area contributed by atoms with Crippen molar-refractivity contribution in [1.82, 2.24) is 19.6 Å². The standard InChI is InChI=1S/C17H24N4O2/c1-19-7-15(6-18-19)9-21-11-16-10-20(3-5-23-17(16)12-21)8-14-2-4-22-13-14/h2,4,6-7,13,16-17H,3,5,8-12H2,1H3/t16-,17+/m0/s1. The molecule has 2 aromatic heterocycles. The van der Waals surface area contributed by atoms with Crippen LogP contribution in [-0.4, -0.2) is 58.5 Å². The smallest absolute Gasteiger partial charge is 0.0947 e. The second-order valence-electron chi connectivity index (χ2n) is 6.75. The Morgan fingerprint density at radius 2 is 2.04 bits per heavy atom. The Bertz CT molecular complexity index is 624. The monoisotopic (exact) mass is 316 g/mol. The maximum atomic E-state index is 6.12. The molecule has 4 rings (SSSR count). The molecule has 0 spiro atoms. The molecule has 0 aromatic carbocycles. The van der Waals surface area contributed by atoms with Crippen LogP contribution < -0.4 is 0 Å². The number of furan rings is 1. The molecule has 6 heteroatoms. The van der Waals surface area contributed by atoms with E-state index in [9.17, 15) is 0 Å². The highest BCUT2D eigenvalue weighted by Crippen LogP contribution is 2.25. The largest absolute Gasteiger partial charge is 0.472 e. The van der Waals surface area contributed by atoms with Crippen LogP contribution in [-0.2, 0) is 24.9 Å². The van der Waals surface area contributed by atoms with Crippen molar-refractivity contribution < 1.29 is 9.15 Å². The summed E-state index contributed by atoms with van der Waals surface area (Å²) in [5.74, 6) is 0.584. The maximum Gasteiger partial charge on any atom is 0.0947 e. The quantitative estimate of drug-likeness (QED) is 0.852. The average molecular weight is 316 g/mol. The lowest BCUT2D eigenvalue weighted by Crippen LogP contribution is -2.32. The lowest BCUT2D eigenvalue weighted by atomic mass is 10.1. The number of aromatic nitrogens is 2. The molecule has 2 aromatic rings. The molecule has 0 amide bonds. The summed E-state index contributed by atoms with van der Waals surface area (Å²) in [4.78, 5) is 4.98. The summed E-state index contributed by atoms with van der Waals surface area (Å²) in [7, 11) is 1.97. The van der Waals surface area contributed by atoms with E-state index in [-0.39, 0.29) is 0 Å². The SMILES string of the molecule is Cn1cc(CN2C[C@@H]3CN(Cc4ccoc4)CCO[C@@H]3C2)cn1. The molecule has 2 saturated heterocycles. The fraction of sp³-hybridized carbons (Fsp3) is 0.588. The maximum absolute atomic E-state index is 6.12. The number of hydrogen-bond donors (Lipinski definition) is 0. The minimum absolute atomic E-state index is 0.362. The number of rotatable bonds is 4.